The predicted octanol–water partition coefficient (Wildman–Crippen LogP) is 3.41. The molecule has 112 valence electrons. The zero-order chi connectivity index (χ0) is 14.2. The molecule has 2 aliphatic rings. The molecule has 0 bridgehead atoms. The van der Waals surface area contributed by atoms with E-state index in [0.717, 1.165) is 19.4 Å². The molecule has 0 radical (unpaired) electrons. The molecule has 2 atom stereocenters. The SMILES string of the molecule is CCNC1(c2nc3c(s2)CCCC3)CC(C)OC(C)C1. The standard InChI is InChI=1S/C16H26N2OS/c1-4-17-16(9-11(2)19-12(3)10-16)15-18-13-7-5-6-8-14(13)20-15/h11-12,17H,4-10H2,1-3H3. The van der Waals surface area contributed by atoms with Crippen molar-refractivity contribution in [2.45, 2.75) is 77.0 Å². The molecule has 0 saturated carbocycles. The second kappa shape index (κ2) is 5.74. The van der Waals surface area contributed by atoms with Gasteiger partial charge in [0.2, 0.25) is 0 Å². The molecule has 1 aromatic heterocycles. The minimum absolute atomic E-state index is 0.0356. The topological polar surface area (TPSA) is 34.2 Å². The summed E-state index contributed by atoms with van der Waals surface area (Å²) in [7, 11) is 0. The molecule has 1 aliphatic carbocycles. The maximum Gasteiger partial charge on any atom is 0.113 e. The molecule has 1 N–H and O–H groups in total. The first-order chi connectivity index (χ1) is 9.63. The number of hydrogen-bond acceptors (Lipinski definition) is 4. The number of hydrogen-bond donors (Lipinski definition) is 1. The second-order valence-electron chi connectivity index (χ2n) is 6.37. The largest absolute Gasteiger partial charge is 0.375 e. The van der Waals surface area contributed by atoms with Crippen molar-refractivity contribution in [1.29, 1.82) is 0 Å². The summed E-state index contributed by atoms with van der Waals surface area (Å²) in [6, 6.07) is 0. The summed E-state index contributed by atoms with van der Waals surface area (Å²) < 4.78 is 5.95. The lowest BCUT2D eigenvalue weighted by atomic mass is 9.84. The molecule has 0 amide bonds. The Morgan fingerprint density at radius 3 is 2.60 bits per heavy atom. The highest BCUT2D eigenvalue weighted by Crippen LogP contribution is 2.41. The summed E-state index contributed by atoms with van der Waals surface area (Å²) in [5.74, 6) is 0. The van der Waals surface area contributed by atoms with Gasteiger partial charge >= 0.3 is 0 Å². The Kier molecular flexibility index (Phi) is 4.16. The van der Waals surface area contributed by atoms with Crippen LogP contribution in [-0.4, -0.2) is 23.7 Å². The quantitative estimate of drug-likeness (QED) is 0.927. The molecule has 1 aliphatic heterocycles. The number of thiazole rings is 1. The maximum absolute atomic E-state index is 5.95. The van der Waals surface area contributed by atoms with E-state index in [9.17, 15) is 0 Å². The van der Waals surface area contributed by atoms with Crippen LogP contribution in [0.15, 0.2) is 0 Å². The van der Waals surface area contributed by atoms with Crippen LogP contribution in [0.5, 0.6) is 0 Å². The monoisotopic (exact) mass is 294 g/mol. The minimum atomic E-state index is 0.0356. The van der Waals surface area contributed by atoms with Crippen LogP contribution < -0.4 is 5.32 Å². The Labute approximate surface area is 126 Å². The number of nitrogens with zero attached hydrogens (tertiary/aromatic N) is 1. The Morgan fingerprint density at radius 1 is 1.25 bits per heavy atom. The van der Waals surface area contributed by atoms with Gasteiger partial charge in [0.1, 0.15) is 5.01 Å². The summed E-state index contributed by atoms with van der Waals surface area (Å²) in [5, 5.41) is 5.07. The van der Waals surface area contributed by atoms with Crippen LogP contribution in [0.4, 0.5) is 0 Å². The van der Waals surface area contributed by atoms with Gasteiger partial charge in [-0.25, -0.2) is 4.98 Å². The van der Waals surface area contributed by atoms with E-state index in [1.165, 1.54) is 41.3 Å². The van der Waals surface area contributed by atoms with Crippen LogP contribution in [0.25, 0.3) is 0 Å². The summed E-state index contributed by atoms with van der Waals surface area (Å²) in [4.78, 5) is 6.57. The van der Waals surface area contributed by atoms with Gasteiger partial charge in [-0.2, -0.15) is 0 Å². The van der Waals surface area contributed by atoms with E-state index >= 15 is 0 Å². The van der Waals surface area contributed by atoms with E-state index in [1.54, 1.807) is 0 Å². The van der Waals surface area contributed by atoms with Gasteiger partial charge in [0, 0.05) is 4.88 Å². The molecule has 3 nitrogen and oxygen atoms in total. The Bertz CT molecular complexity index is 438. The Hall–Kier alpha value is -0.450. The third-order valence-electron chi connectivity index (χ3n) is 4.51. The molecule has 20 heavy (non-hydrogen) atoms. The van der Waals surface area contributed by atoms with Gasteiger partial charge in [-0.1, -0.05) is 6.92 Å². The molecule has 1 fully saturated rings. The van der Waals surface area contributed by atoms with Gasteiger partial charge in [0.25, 0.3) is 0 Å². The van der Waals surface area contributed by atoms with Crippen molar-refractivity contribution < 1.29 is 4.74 Å². The smallest absolute Gasteiger partial charge is 0.113 e. The van der Waals surface area contributed by atoms with Gasteiger partial charge in [-0.3, -0.25) is 0 Å². The van der Waals surface area contributed by atoms with Crippen molar-refractivity contribution in [2.24, 2.45) is 0 Å². The van der Waals surface area contributed by atoms with E-state index in [4.69, 9.17) is 9.72 Å². The fraction of sp³-hybridized carbons (Fsp3) is 0.812. The van der Waals surface area contributed by atoms with E-state index < -0.39 is 0 Å². The molecule has 2 heterocycles. The van der Waals surface area contributed by atoms with E-state index in [0.29, 0.717) is 12.2 Å². The number of nitrogens with one attached hydrogen (secondary N) is 1. The third-order valence-corrected chi connectivity index (χ3v) is 5.87. The van der Waals surface area contributed by atoms with Crippen LogP contribution in [0.1, 0.15) is 62.0 Å². The van der Waals surface area contributed by atoms with Crippen molar-refractivity contribution in [3.8, 4) is 0 Å². The maximum atomic E-state index is 5.95. The number of fused-ring (bicyclic) bond motifs is 1. The van der Waals surface area contributed by atoms with Crippen molar-refractivity contribution in [2.75, 3.05) is 6.54 Å². The molecule has 0 spiro atoms. The van der Waals surface area contributed by atoms with Crippen LogP contribution >= 0.6 is 11.3 Å². The summed E-state index contributed by atoms with van der Waals surface area (Å²) >= 11 is 1.96. The van der Waals surface area contributed by atoms with Crippen LogP contribution in [0.2, 0.25) is 0 Å². The fourth-order valence-corrected chi connectivity index (χ4v) is 5.18. The van der Waals surface area contributed by atoms with Gasteiger partial charge in [-0.15, -0.1) is 11.3 Å². The molecule has 4 heteroatoms. The van der Waals surface area contributed by atoms with Crippen molar-refractivity contribution >= 4 is 11.3 Å². The third kappa shape index (κ3) is 2.66. The lowest BCUT2D eigenvalue weighted by molar-refractivity contribution is -0.0709. The molecular weight excluding hydrogens is 268 g/mol. The lowest BCUT2D eigenvalue weighted by Crippen LogP contribution is -2.51. The summed E-state index contributed by atoms with van der Waals surface area (Å²) in [6.07, 6.45) is 7.73. The van der Waals surface area contributed by atoms with Gasteiger partial charge < -0.3 is 10.1 Å². The number of aryl methyl sites for hydroxylation is 2. The highest BCUT2D eigenvalue weighted by Gasteiger charge is 2.42. The zero-order valence-corrected chi connectivity index (χ0v) is 13.7. The van der Waals surface area contributed by atoms with Crippen molar-refractivity contribution in [3.63, 3.8) is 0 Å². The van der Waals surface area contributed by atoms with Crippen molar-refractivity contribution in [3.05, 3.63) is 15.6 Å². The zero-order valence-electron chi connectivity index (χ0n) is 12.9. The van der Waals surface area contributed by atoms with E-state index in [-0.39, 0.29) is 5.54 Å². The summed E-state index contributed by atoms with van der Waals surface area (Å²) in [6.45, 7) is 7.56. The first-order valence-electron chi connectivity index (χ1n) is 8.02. The number of aromatic nitrogens is 1. The molecule has 2 unspecified atom stereocenters. The predicted molar refractivity (Wildman–Crippen MR) is 83.4 cm³/mol. The number of ether oxygens (including phenoxy) is 1. The fourth-order valence-electron chi connectivity index (χ4n) is 3.85. The molecular formula is C16H26N2OS. The minimum Gasteiger partial charge on any atom is -0.375 e. The molecule has 3 rings (SSSR count). The average Bonchev–Trinajstić information content (AvgIpc) is 2.82. The first kappa shape index (κ1) is 14.5. The lowest BCUT2D eigenvalue weighted by Gasteiger charge is -2.42. The first-order valence-corrected chi connectivity index (χ1v) is 8.84. The van der Waals surface area contributed by atoms with Crippen LogP contribution in [-0.2, 0) is 23.1 Å². The van der Waals surface area contributed by atoms with E-state index in [2.05, 4.69) is 26.1 Å². The van der Waals surface area contributed by atoms with E-state index in [1.807, 2.05) is 11.3 Å². The number of rotatable bonds is 3. The van der Waals surface area contributed by atoms with Gasteiger partial charge in [-0.05, 0) is 58.9 Å². The normalized spacial score (nSPS) is 34.0. The highest BCUT2D eigenvalue weighted by atomic mass is 32.1. The van der Waals surface area contributed by atoms with Crippen LogP contribution in [0.3, 0.4) is 0 Å². The van der Waals surface area contributed by atoms with Gasteiger partial charge in [0.05, 0.1) is 23.4 Å². The Morgan fingerprint density at radius 2 is 1.95 bits per heavy atom. The highest BCUT2D eigenvalue weighted by molar-refractivity contribution is 7.11. The summed E-state index contributed by atoms with van der Waals surface area (Å²) in [5.41, 5.74) is 1.41. The molecule has 1 saturated heterocycles. The Balaban J connectivity index is 1.94. The molecule has 1 aromatic rings. The van der Waals surface area contributed by atoms with Crippen molar-refractivity contribution in [1.82, 2.24) is 10.3 Å². The molecule has 0 aromatic carbocycles. The average molecular weight is 294 g/mol. The van der Waals surface area contributed by atoms with Gasteiger partial charge in [0.15, 0.2) is 0 Å². The second-order valence-corrected chi connectivity index (χ2v) is 7.46. The van der Waals surface area contributed by atoms with Crippen LogP contribution in [0, 0.1) is 0 Å².